The highest BCUT2D eigenvalue weighted by molar-refractivity contribution is 8.49. The van der Waals surface area contributed by atoms with Gasteiger partial charge >= 0.3 is 0 Å². The molecule has 24 heavy (non-hydrogen) atoms. The number of aromatic nitrogens is 1. The van der Waals surface area contributed by atoms with Crippen LogP contribution in [0.4, 0.5) is 0 Å². The third-order valence-corrected chi connectivity index (χ3v) is 15.5. The summed E-state index contributed by atoms with van der Waals surface area (Å²) in [6.07, 6.45) is 8.49. The van der Waals surface area contributed by atoms with Crippen molar-refractivity contribution in [3.05, 3.63) is 51.3 Å². The molecule has 0 saturated carbocycles. The molecule has 0 bridgehead atoms. The van der Waals surface area contributed by atoms with Crippen LogP contribution in [0, 0.1) is 0 Å². The lowest BCUT2D eigenvalue weighted by Gasteiger charge is -2.10. The van der Waals surface area contributed by atoms with Crippen molar-refractivity contribution >= 4 is 100 Å². The standard InChI is InChI=1S/C15H13NS8/c1-17-10-11(18-2)22-14(21-10)15-23-12-13(24-15)20-9(19-12)7-8-5-3-4-6-16-8/h3-7,10-11H,1-2H3. The molecule has 0 spiro atoms. The maximum atomic E-state index is 4.39. The van der Waals surface area contributed by atoms with Gasteiger partial charge in [-0.05, 0) is 30.7 Å². The molecule has 126 valence electrons. The van der Waals surface area contributed by atoms with E-state index < -0.39 is 0 Å². The van der Waals surface area contributed by atoms with E-state index in [-0.39, 0.29) is 0 Å². The molecule has 1 aromatic heterocycles. The normalized spacial score (nSPS) is 26.5. The van der Waals surface area contributed by atoms with Crippen LogP contribution in [0.5, 0.6) is 0 Å². The average Bonchev–Trinajstić information content (AvgIpc) is 3.27. The lowest BCUT2D eigenvalue weighted by Crippen LogP contribution is -2.04. The maximum Gasteiger partial charge on any atom is 0.0765 e. The first kappa shape index (κ1) is 18.5. The van der Waals surface area contributed by atoms with E-state index in [1.807, 2.05) is 88.9 Å². The zero-order valence-electron chi connectivity index (χ0n) is 12.8. The van der Waals surface area contributed by atoms with Crippen molar-refractivity contribution in [1.29, 1.82) is 0 Å². The Balaban J connectivity index is 1.44. The van der Waals surface area contributed by atoms with E-state index in [0.717, 1.165) is 5.69 Å². The van der Waals surface area contributed by atoms with Gasteiger partial charge in [-0.15, -0.1) is 47.0 Å². The predicted molar refractivity (Wildman–Crippen MR) is 126 cm³/mol. The average molecular weight is 464 g/mol. The number of hydrogen-bond donors (Lipinski definition) is 0. The Morgan fingerprint density at radius 3 is 2.04 bits per heavy atom. The molecule has 0 aliphatic carbocycles. The van der Waals surface area contributed by atoms with E-state index in [1.165, 1.54) is 21.2 Å². The molecule has 4 heterocycles. The third kappa shape index (κ3) is 4.03. The summed E-state index contributed by atoms with van der Waals surface area (Å²) in [6, 6.07) is 6.05. The highest BCUT2D eigenvalue weighted by atomic mass is 32.3. The van der Waals surface area contributed by atoms with Crippen LogP contribution in [0.25, 0.3) is 6.08 Å². The molecule has 0 amide bonds. The van der Waals surface area contributed by atoms with Gasteiger partial charge in [-0.2, -0.15) is 0 Å². The summed E-state index contributed by atoms with van der Waals surface area (Å²) < 4.78 is 8.58. The van der Waals surface area contributed by atoms with Crippen LogP contribution in [0.15, 0.2) is 45.6 Å². The van der Waals surface area contributed by atoms with Gasteiger partial charge in [0.2, 0.25) is 0 Å². The van der Waals surface area contributed by atoms with Crippen molar-refractivity contribution in [2.75, 3.05) is 12.5 Å². The third-order valence-electron chi connectivity index (χ3n) is 3.18. The molecular weight excluding hydrogens is 451 g/mol. The number of thioether (sulfide) groups is 8. The van der Waals surface area contributed by atoms with Crippen LogP contribution in [0.3, 0.4) is 0 Å². The Morgan fingerprint density at radius 2 is 1.50 bits per heavy atom. The van der Waals surface area contributed by atoms with Gasteiger partial charge in [0.1, 0.15) is 0 Å². The molecule has 0 aromatic carbocycles. The van der Waals surface area contributed by atoms with Crippen LogP contribution in [0.1, 0.15) is 5.69 Å². The molecule has 3 aliphatic heterocycles. The Hall–Kier alpha value is 1.17. The van der Waals surface area contributed by atoms with E-state index in [1.54, 1.807) is 0 Å². The SMILES string of the molecule is CSC1SC(=C2SC3=C(SC(=Cc4ccccn4)S3)S2)SC1SC. The summed E-state index contributed by atoms with van der Waals surface area (Å²) in [5.74, 6) is 0. The van der Waals surface area contributed by atoms with Crippen molar-refractivity contribution in [2.24, 2.45) is 0 Å². The number of hydrogen-bond acceptors (Lipinski definition) is 9. The van der Waals surface area contributed by atoms with Crippen LogP contribution in [0.2, 0.25) is 0 Å². The van der Waals surface area contributed by atoms with E-state index >= 15 is 0 Å². The second-order valence-corrected chi connectivity index (χ2v) is 15.0. The second-order valence-electron chi connectivity index (χ2n) is 4.72. The molecule has 2 atom stereocenters. The van der Waals surface area contributed by atoms with Gasteiger partial charge in [0.25, 0.3) is 0 Å². The topological polar surface area (TPSA) is 12.9 Å². The van der Waals surface area contributed by atoms with Crippen molar-refractivity contribution in [2.45, 2.75) is 9.16 Å². The van der Waals surface area contributed by atoms with Gasteiger partial charge in [-0.1, -0.05) is 53.1 Å². The fourth-order valence-corrected chi connectivity index (χ4v) is 14.9. The molecule has 3 aliphatic rings. The Kier molecular flexibility index (Phi) is 6.53. The molecule has 1 fully saturated rings. The fourth-order valence-electron chi connectivity index (χ4n) is 2.09. The molecule has 2 unspecified atom stereocenters. The summed E-state index contributed by atoms with van der Waals surface area (Å²) in [5, 5.41) is 0. The molecule has 9 heteroatoms. The molecular formula is C15H13NS8. The van der Waals surface area contributed by atoms with E-state index in [2.05, 4.69) is 53.2 Å². The first-order valence-electron chi connectivity index (χ1n) is 6.98. The summed E-state index contributed by atoms with van der Waals surface area (Å²) in [7, 11) is 0. The van der Waals surface area contributed by atoms with Gasteiger partial charge in [0, 0.05) is 6.20 Å². The lowest BCUT2D eigenvalue weighted by molar-refractivity contribution is 1.30. The van der Waals surface area contributed by atoms with E-state index in [0.29, 0.717) is 9.16 Å². The summed E-state index contributed by atoms with van der Waals surface area (Å²) in [6.45, 7) is 0. The molecule has 1 aromatic rings. The molecule has 1 nitrogen and oxygen atoms in total. The number of rotatable bonds is 3. The zero-order valence-corrected chi connectivity index (χ0v) is 19.3. The smallest absolute Gasteiger partial charge is 0.0765 e. The second kappa shape index (κ2) is 8.46. The maximum absolute atomic E-state index is 4.39. The summed E-state index contributed by atoms with van der Waals surface area (Å²) in [5.41, 5.74) is 1.04. The quantitative estimate of drug-likeness (QED) is 0.449. The predicted octanol–water partition coefficient (Wildman–Crippen LogP) is 7.45. The molecule has 4 rings (SSSR count). The summed E-state index contributed by atoms with van der Waals surface area (Å²) in [4.78, 5) is 4.39. The molecule has 0 radical (unpaired) electrons. The Morgan fingerprint density at radius 1 is 0.875 bits per heavy atom. The molecule has 1 saturated heterocycles. The van der Waals surface area contributed by atoms with Crippen LogP contribution >= 0.6 is 94.1 Å². The van der Waals surface area contributed by atoms with Crippen molar-refractivity contribution in [1.82, 2.24) is 4.98 Å². The number of pyridine rings is 1. The van der Waals surface area contributed by atoms with E-state index in [4.69, 9.17) is 0 Å². The minimum atomic E-state index is 0.670. The highest BCUT2D eigenvalue weighted by Crippen LogP contribution is 2.70. The fraction of sp³-hybridized carbons (Fsp3) is 0.267. The minimum Gasteiger partial charge on any atom is -0.257 e. The van der Waals surface area contributed by atoms with E-state index in [9.17, 15) is 0 Å². The highest BCUT2D eigenvalue weighted by Gasteiger charge is 2.37. The monoisotopic (exact) mass is 463 g/mol. The first-order valence-corrected chi connectivity index (χ1v) is 14.6. The molecule has 0 N–H and O–H groups in total. The van der Waals surface area contributed by atoms with Crippen molar-refractivity contribution in [3.8, 4) is 0 Å². The van der Waals surface area contributed by atoms with Gasteiger partial charge in [0.15, 0.2) is 0 Å². The minimum absolute atomic E-state index is 0.670. The largest absolute Gasteiger partial charge is 0.257 e. The van der Waals surface area contributed by atoms with Gasteiger partial charge in [0.05, 0.1) is 36.0 Å². The Labute approximate surface area is 176 Å². The van der Waals surface area contributed by atoms with Crippen LogP contribution < -0.4 is 0 Å². The number of nitrogens with zero attached hydrogens (tertiary/aromatic N) is 1. The van der Waals surface area contributed by atoms with Crippen LogP contribution in [-0.2, 0) is 0 Å². The van der Waals surface area contributed by atoms with Gasteiger partial charge in [-0.3, -0.25) is 4.98 Å². The summed E-state index contributed by atoms with van der Waals surface area (Å²) >= 11 is 15.8. The van der Waals surface area contributed by atoms with Gasteiger partial charge in [-0.25, -0.2) is 0 Å². The Bertz CT molecular complexity index is 690. The van der Waals surface area contributed by atoms with Gasteiger partial charge < -0.3 is 0 Å². The first-order chi connectivity index (χ1) is 11.8. The van der Waals surface area contributed by atoms with Crippen LogP contribution in [-0.4, -0.2) is 26.7 Å². The lowest BCUT2D eigenvalue weighted by atomic mass is 10.3. The van der Waals surface area contributed by atoms with Crippen molar-refractivity contribution < 1.29 is 0 Å². The van der Waals surface area contributed by atoms with Crippen molar-refractivity contribution in [3.63, 3.8) is 0 Å². The zero-order chi connectivity index (χ0) is 16.5.